The number of unbranched alkanes of at least 4 members (excludes halogenated alkanes) is 59. The second-order valence-electron chi connectivity index (χ2n) is 30.2. The van der Waals surface area contributed by atoms with E-state index in [9.17, 15) is 43.2 Å². The van der Waals surface area contributed by atoms with E-state index in [4.69, 9.17) is 37.0 Å². The van der Waals surface area contributed by atoms with Crippen LogP contribution in [0.15, 0.2) is 0 Å². The van der Waals surface area contributed by atoms with E-state index in [0.29, 0.717) is 25.7 Å². The zero-order valence-electron chi connectivity index (χ0n) is 67.3. The van der Waals surface area contributed by atoms with Gasteiger partial charge in [-0.2, -0.15) is 0 Å². The van der Waals surface area contributed by atoms with Crippen LogP contribution in [0, 0.1) is 0 Å². The molecule has 5 atom stereocenters. The maximum atomic E-state index is 13.1. The standard InChI is InChI=1S/C84H164O17P2/c1-5-9-13-17-21-25-29-32-35-38-40-42-45-48-51-55-59-63-67-71-84(89)101-80(75-95-82(87)69-65-61-57-53-49-46-44-41-39-36-33-30-26-22-18-14-10-6-2)77-99-103(92,93)97-73-78(85)72-96-102(90,91)98-76-79(74-94-81(86)68-64-60-56-52-28-24-20-16-12-8-4)100-83(88)70-66-62-58-54-50-47-43-37-34-31-27-23-19-15-11-7-3/h78-80,85H,5-77H2,1-4H3,(H,90,91)(H,92,93)/t78-,79+,80+/m0/s1. The summed E-state index contributed by atoms with van der Waals surface area (Å²) in [6, 6.07) is 0. The maximum Gasteiger partial charge on any atom is 0.472 e. The van der Waals surface area contributed by atoms with Crippen LogP contribution in [-0.2, 0) is 65.4 Å². The van der Waals surface area contributed by atoms with E-state index in [2.05, 4.69) is 27.7 Å². The highest BCUT2D eigenvalue weighted by molar-refractivity contribution is 7.47. The molecule has 0 aromatic carbocycles. The van der Waals surface area contributed by atoms with Gasteiger partial charge in [-0.1, -0.05) is 407 Å². The van der Waals surface area contributed by atoms with E-state index in [1.807, 2.05) is 0 Å². The minimum atomic E-state index is -4.96. The van der Waals surface area contributed by atoms with Crippen molar-refractivity contribution in [3.05, 3.63) is 0 Å². The number of aliphatic hydroxyl groups is 1. The Balaban J connectivity index is 5.23. The molecule has 0 aliphatic heterocycles. The summed E-state index contributed by atoms with van der Waals surface area (Å²) in [6.45, 7) is 5.04. The van der Waals surface area contributed by atoms with Gasteiger partial charge in [-0.25, -0.2) is 9.13 Å². The fourth-order valence-electron chi connectivity index (χ4n) is 13.2. The van der Waals surface area contributed by atoms with Crippen LogP contribution in [0.5, 0.6) is 0 Å². The second-order valence-corrected chi connectivity index (χ2v) is 33.1. The molecule has 0 radical (unpaired) electrons. The summed E-state index contributed by atoms with van der Waals surface area (Å²) < 4.78 is 68.8. The van der Waals surface area contributed by atoms with E-state index in [1.165, 1.54) is 289 Å². The largest absolute Gasteiger partial charge is 0.472 e. The number of carbonyl (C=O) groups excluding carboxylic acids is 4. The lowest BCUT2D eigenvalue weighted by Gasteiger charge is -2.21. The van der Waals surface area contributed by atoms with Gasteiger partial charge >= 0.3 is 39.5 Å². The second kappa shape index (κ2) is 78.2. The number of esters is 4. The van der Waals surface area contributed by atoms with Crippen LogP contribution in [-0.4, -0.2) is 96.7 Å². The molecule has 0 aromatic rings. The van der Waals surface area contributed by atoms with E-state index in [0.717, 1.165) is 89.9 Å². The van der Waals surface area contributed by atoms with Gasteiger partial charge in [0.05, 0.1) is 26.4 Å². The van der Waals surface area contributed by atoms with Crippen LogP contribution in [0.1, 0.15) is 458 Å². The summed E-state index contributed by atoms with van der Waals surface area (Å²) in [5, 5.41) is 10.7. The lowest BCUT2D eigenvalue weighted by atomic mass is 10.0. The quantitative estimate of drug-likeness (QED) is 0.0222. The SMILES string of the molecule is CCCCCCCCCCCCCCCCCCCCCC(=O)O[C@H](COC(=O)CCCCCCCCCCCCCCCCCCCC)COP(=O)(O)OC[C@@H](O)COP(=O)(O)OC[C@@H](COC(=O)CCCCCCCCCCCC)OC(=O)CCCCCCCCCCCCCCCCCC. The topological polar surface area (TPSA) is 237 Å². The molecular weight excluding hydrogens is 1340 g/mol. The summed E-state index contributed by atoms with van der Waals surface area (Å²) in [7, 11) is -9.92. The van der Waals surface area contributed by atoms with Gasteiger partial charge in [0.25, 0.3) is 0 Å². The zero-order chi connectivity index (χ0) is 75.3. The summed E-state index contributed by atoms with van der Waals surface area (Å²) >= 11 is 0. The number of aliphatic hydroxyl groups excluding tert-OH is 1. The van der Waals surface area contributed by atoms with Crippen molar-refractivity contribution in [2.24, 2.45) is 0 Å². The lowest BCUT2D eigenvalue weighted by molar-refractivity contribution is -0.161. The van der Waals surface area contributed by atoms with Crippen LogP contribution >= 0.6 is 15.6 Å². The maximum absolute atomic E-state index is 13.1. The molecule has 0 spiro atoms. The van der Waals surface area contributed by atoms with Gasteiger partial charge in [0.2, 0.25) is 0 Å². The molecule has 0 fully saturated rings. The van der Waals surface area contributed by atoms with E-state index >= 15 is 0 Å². The van der Waals surface area contributed by atoms with Crippen molar-refractivity contribution in [2.75, 3.05) is 39.6 Å². The minimum Gasteiger partial charge on any atom is -0.462 e. The number of phosphoric ester groups is 2. The van der Waals surface area contributed by atoms with Crippen molar-refractivity contribution >= 4 is 39.5 Å². The smallest absolute Gasteiger partial charge is 0.462 e. The van der Waals surface area contributed by atoms with Gasteiger partial charge in [0, 0.05) is 25.7 Å². The number of phosphoric acid groups is 2. The Morgan fingerprint density at radius 2 is 0.388 bits per heavy atom. The number of rotatable bonds is 85. The number of hydrogen-bond acceptors (Lipinski definition) is 15. The highest BCUT2D eigenvalue weighted by Gasteiger charge is 2.30. The highest BCUT2D eigenvalue weighted by Crippen LogP contribution is 2.45. The van der Waals surface area contributed by atoms with Gasteiger partial charge < -0.3 is 33.8 Å². The lowest BCUT2D eigenvalue weighted by Crippen LogP contribution is -2.30. The fraction of sp³-hybridized carbons (Fsp3) is 0.952. The molecule has 0 rings (SSSR count). The van der Waals surface area contributed by atoms with Crippen LogP contribution in [0.2, 0.25) is 0 Å². The molecule has 0 aromatic heterocycles. The third-order valence-electron chi connectivity index (χ3n) is 19.9. The van der Waals surface area contributed by atoms with Crippen molar-refractivity contribution in [3.8, 4) is 0 Å². The average Bonchev–Trinajstić information content (AvgIpc) is 0.920. The molecule has 3 N–H and O–H groups in total. The summed E-state index contributed by atoms with van der Waals surface area (Å²) in [5.74, 6) is -2.10. The zero-order valence-corrected chi connectivity index (χ0v) is 69.1. The first-order chi connectivity index (χ1) is 50.2. The molecule has 19 heteroatoms. The van der Waals surface area contributed by atoms with Crippen molar-refractivity contribution in [2.45, 2.75) is 476 Å². The molecule has 103 heavy (non-hydrogen) atoms. The monoisotopic (exact) mass is 1510 g/mol. The molecule has 0 saturated heterocycles. The predicted molar refractivity (Wildman–Crippen MR) is 423 cm³/mol. The van der Waals surface area contributed by atoms with Crippen molar-refractivity contribution in [3.63, 3.8) is 0 Å². The summed E-state index contributed by atoms with van der Waals surface area (Å²) in [5.41, 5.74) is 0. The minimum absolute atomic E-state index is 0.109. The van der Waals surface area contributed by atoms with Gasteiger partial charge in [0.15, 0.2) is 12.2 Å². The molecular formula is C84H164O17P2. The van der Waals surface area contributed by atoms with E-state index in [1.54, 1.807) is 0 Å². The molecule has 17 nitrogen and oxygen atoms in total. The number of ether oxygens (including phenoxy) is 4. The Bertz CT molecular complexity index is 1950. The van der Waals surface area contributed by atoms with E-state index in [-0.39, 0.29) is 25.7 Å². The van der Waals surface area contributed by atoms with E-state index < -0.39 is 97.5 Å². The van der Waals surface area contributed by atoms with Crippen LogP contribution in [0.3, 0.4) is 0 Å². The number of carbonyl (C=O) groups is 4. The molecule has 0 saturated carbocycles. The predicted octanol–water partition coefficient (Wildman–Crippen LogP) is 25.7. The molecule has 0 amide bonds. The van der Waals surface area contributed by atoms with Crippen LogP contribution < -0.4 is 0 Å². The first kappa shape index (κ1) is 101. The Morgan fingerprint density at radius 1 is 0.233 bits per heavy atom. The molecule has 0 aliphatic carbocycles. The molecule has 0 heterocycles. The third-order valence-corrected chi connectivity index (χ3v) is 21.8. The Kier molecular flexibility index (Phi) is 76.7. The fourth-order valence-corrected chi connectivity index (χ4v) is 14.7. The Hall–Kier alpha value is -1.94. The van der Waals surface area contributed by atoms with Crippen molar-refractivity contribution < 1.29 is 80.2 Å². The molecule has 612 valence electrons. The number of hydrogen-bond donors (Lipinski definition) is 3. The van der Waals surface area contributed by atoms with Gasteiger partial charge in [-0.15, -0.1) is 0 Å². The first-order valence-electron chi connectivity index (χ1n) is 43.8. The summed E-state index contributed by atoms with van der Waals surface area (Å²) in [4.78, 5) is 73.1. The first-order valence-corrected chi connectivity index (χ1v) is 46.8. The molecule has 0 bridgehead atoms. The Morgan fingerprint density at radius 3 is 0.573 bits per heavy atom. The van der Waals surface area contributed by atoms with Gasteiger partial charge in [-0.05, 0) is 25.7 Å². The highest BCUT2D eigenvalue weighted by atomic mass is 31.2. The van der Waals surface area contributed by atoms with Crippen molar-refractivity contribution in [1.29, 1.82) is 0 Å². The summed E-state index contributed by atoms with van der Waals surface area (Å²) in [6.07, 6.45) is 72.1. The average molecular weight is 1510 g/mol. The Labute approximate surface area is 632 Å². The van der Waals surface area contributed by atoms with Crippen LogP contribution in [0.4, 0.5) is 0 Å². The molecule has 0 aliphatic rings. The molecule has 2 unspecified atom stereocenters. The normalized spacial score (nSPS) is 13.7. The van der Waals surface area contributed by atoms with Crippen molar-refractivity contribution in [1.82, 2.24) is 0 Å². The van der Waals surface area contributed by atoms with Gasteiger partial charge in [-0.3, -0.25) is 37.3 Å². The van der Waals surface area contributed by atoms with Crippen LogP contribution in [0.25, 0.3) is 0 Å². The third kappa shape index (κ3) is 78.0. The van der Waals surface area contributed by atoms with Gasteiger partial charge in [0.1, 0.15) is 19.3 Å².